The summed E-state index contributed by atoms with van der Waals surface area (Å²) >= 11 is 0. The summed E-state index contributed by atoms with van der Waals surface area (Å²) in [7, 11) is 1.60. The number of ether oxygens (including phenoxy) is 2. The van der Waals surface area contributed by atoms with Gasteiger partial charge in [-0.3, -0.25) is 4.79 Å². The van der Waals surface area contributed by atoms with E-state index in [4.69, 9.17) is 14.6 Å². The highest BCUT2D eigenvalue weighted by molar-refractivity contribution is 5.96. The average Bonchev–Trinajstić information content (AvgIpc) is 2.42. The molecule has 0 atom stereocenters. The van der Waals surface area contributed by atoms with E-state index in [-0.39, 0.29) is 12.5 Å². The monoisotopic (exact) mass is 293 g/mol. The number of amides is 1. The van der Waals surface area contributed by atoms with Crippen LogP contribution in [0.3, 0.4) is 0 Å². The molecule has 1 amide bonds. The molecular weight excluding hydrogens is 274 g/mol. The fourth-order valence-electron chi connectivity index (χ4n) is 2.36. The second kappa shape index (κ2) is 6.58. The summed E-state index contributed by atoms with van der Waals surface area (Å²) in [5.74, 6) is -0.612. The van der Waals surface area contributed by atoms with E-state index < -0.39 is 11.4 Å². The molecule has 6 heteroatoms. The van der Waals surface area contributed by atoms with Crippen LogP contribution in [-0.4, -0.2) is 37.3 Å². The molecule has 0 aliphatic heterocycles. The maximum Gasteiger partial charge on any atom is 0.341 e. The second-order valence-corrected chi connectivity index (χ2v) is 5.23. The van der Waals surface area contributed by atoms with Crippen LogP contribution in [0.4, 0.5) is 5.69 Å². The smallest absolute Gasteiger partial charge is 0.341 e. The molecule has 0 saturated heterocycles. The first-order valence-electron chi connectivity index (χ1n) is 6.81. The Balaban J connectivity index is 1.93. The Labute approximate surface area is 123 Å². The number of carboxylic acid groups (broad SMARTS) is 1. The van der Waals surface area contributed by atoms with E-state index in [0.29, 0.717) is 18.0 Å². The van der Waals surface area contributed by atoms with Gasteiger partial charge in [-0.15, -0.1) is 0 Å². The first-order chi connectivity index (χ1) is 10.1. The highest BCUT2D eigenvalue weighted by Gasteiger charge is 2.44. The van der Waals surface area contributed by atoms with Crippen LogP contribution in [-0.2, 0) is 14.3 Å². The normalized spacial score (nSPS) is 15.9. The Hall–Kier alpha value is -2.08. The van der Waals surface area contributed by atoms with Crippen molar-refractivity contribution in [3.63, 3.8) is 0 Å². The van der Waals surface area contributed by atoms with Gasteiger partial charge in [0.05, 0.1) is 12.0 Å². The third-order valence-corrected chi connectivity index (χ3v) is 3.69. The van der Waals surface area contributed by atoms with Gasteiger partial charge in [-0.1, -0.05) is 6.42 Å². The number of anilines is 1. The van der Waals surface area contributed by atoms with Crippen molar-refractivity contribution < 1.29 is 24.2 Å². The molecule has 0 bridgehead atoms. The lowest BCUT2D eigenvalue weighted by Gasteiger charge is -2.39. The zero-order valence-corrected chi connectivity index (χ0v) is 11.9. The Morgan fingerprint density at radius 2 is 1.95 bits per heavy atom. The van der Waals surface area contributed by atoms with Gasteiger partial charge in [0.2, 0.25) is 5.91 Å². The van der Waals surface area contributed by atoms with Crippen LogP contribution < -0.4 is 10.1 Å². The molecule has 1 aliphatic carbocycles. The SMILES string of the molecule is COCC1(C(=O)Nc2ccc(OCC(=O)O)cc2)CCC1. The van der Waals surface area contributed by atoms with Gasteiger partial charge < -0.3 is 19.9 Å². The maximum absolute atomic E-state index is 12.3. The van der Waals surface area contributed by atoms with E-state index in [1.807, 2.05) is 0 Å². The third-order valence-electron chi connectivity index (χ3n) is 3.69. The molecule has 0 aromatic heterocycles. The van der Waals surface area contributed by atoms with Crippen LogP contribution in [0.2, 0.25) is 0 Å². The van der Waals surface area contributed by atoms with E-state index in [9.17, 15) is 9.59 Å². The van der Waals surface area contributed by atoms with Gasteiger partial charge in [0.1, 0.15) is 5.75 Å². The number of methoxy groups -OCH3 is 1. The zero-order chi connectivity index (χ0) is 15.3. The van der Waals surface area contributed by atoms with Crippen LogP contribution in [0.15, 0.2) is 24.3 Å². The van der Waals surface area contributed by atoms with Gasteiger partial charge in [0.25, 0.3) is 0 Å². The van der Waals surface area contributed by atoms with Crippen molar-refractivity contribution in [2.45, 2.75) is 19.3 Å². The van der Waals surface area contributed by atoms with Crippen LogP contribution in [0.5, 0.6) is 5.75 Å². The van der Waals surface area contributed by atoms with E-state index >= 15 is 0 Å². The molecule has 1 aliphatic rings. The summed E-state index contributed by atoms with van der Waals surface area (Å²) in [5.41, 5.74) is 0.248. The molecule has 1 fully saturated rings. The number of carbonyl (C=O) groups excluding carboxylic acids is 1. The Morgan fingerprint density at radius 3 is 2.43 bits per heavy atom. The molecule has 2 rings (SSSR count). The molecule has 114 valence electrons. The number of aliphatic carboxylic acids is 1. The van der Waals surface area contributed by atoms with Gasteiger partial charge in [-0.2, -0.15) is 0 Å². The number of benzene rings is 1. The number of hydrogen-bond acceptors (Lipinski definition) is 4. The minimum absolute atomic E-state index is 0.0326. The van der Waals surface area contributed by atoms with Crippen LogP contribution in [0.25, 0.3) is 0 Å². The number of hydrogen-bond donors (Lipinski definition) is 2. The van der Waals surface area contributed by atoms with Crippen molar-refractivity contribution >= 4 is 17.6 Å². The molecule has 1 aromatic carbocycles. The molecule has 0 radical (unpaired) electrons. The summed E-state index contributed by atoms with van der Waals surface area (Å²) in [6, 6.07) is 6.63. The summed E-state index contributed by atoms with van der Waals surface area (Å²) in [4.78, 5) is 22.7. The lowest BCUT2D eigenvalue weighted by atomic mass is 9.68. The van der Waals surface area contributed by atoms with Crippen molar-refractivity contribution in [3.05, 3.63) is 24.3 Å². The van der Waals surface area contributed by atoms with E-state index in [0.717, 1.165) is 19.3 Å². The molecular formula is C15H19NO5. The van der Waals surface area contributed by atoms with Crippen molar-refractivity contribution in [3.8, 4) is 5.75 Å². The zero-order valence-electron chi connectivity index (χ0n) is 11.9. The van der Waals surface area contributed by atoms with Crippen LogP contribution in [0.1, 0.15) is 19.3 Å². The molecule has 2 N–H and O–H groups in total. The summed E-state index contributed by atoms with van der Waals surface area (Å²) in [6.45, 7) is 0.0430. The molecule has 1 saturated carbocycles. The van der Waals surface area contributed by atoms with E-state index in [1.165, 1.54) is 0 Å². The Kier molecular flexibility index (Phi) is 4.80. The minimum Gasteiger partial charge on any atom is -0.482 e. The van der Waals surface area contributed by atoms with E-state index in [1.54, 1.807) is 31.4 Å². The standard InChI is InChI=1S/C15H19NO5/c1-20-10-15(7-2-8-15)14(19)16-11-3-5-12(6-4-11)21-9-13(17)18/h3-6H,2,7-10H2,1H3,(H,16,19)(H,17,18). The van der Waals surface area contributed by atoms with Crippen molar-refractivity contribution in [1.82, 2.24) is 0 Å². The average molecular weight is 293 g/mol. The molecule has 1 aromatic rings. The largest absolute Gasteiger partial charge is 0.482 e. The number of carboxylic acids is 1. The van der Waals surface area contributed by atoms with Crippen molar-refractivity contribution in [2.24, 2.45) is 5.41 Å². The topological polar surface area (TPSA) is 84.9 Å². The van der Waals surface area contributed by atoms with Gasteiger partial charge in [-0.25, -0.2) is 4.79 Å². The predicted octanol–water partition coefficient (Wildman–Crippen LogP) is 1.91. The Morgan fingerprint density at radius 1 is 1.29 bits per heavy atom. The number of carbonyl (C=O) groups is 2. The number of nitrogens with one attached hydrogen (secondary N) is 1. The number of rotatable bonds is 7. The summed E-state index contributed by atoms with van der Waals surface area (Å²) in [6.07, 6.45) is 2.72. The van der Waals surface area contributed by atoms with Gasteiger partial charge >= 0.3 is 5.97 Å². The van der Waals surface area contributed by atoms with Crippen LogP contribution >= 0.6 is 0 Å². The van der Waals surface area contributed by atoms with Gasteiger partial charge in [0.15, 0.2) is 6.61 Å². The van der Waals surface area contributed by atoms with Crippen molar-refractivity contribution in [1.29, 1.82) is 0 Å². The molecule has 0 unspecified atom stereocenters. The fraction of sp³-hybridized carbons (Fsp3) is 0.467. The first-order valence-corrected chi connectivity index (χ1v) is 6.81. The third kappa shape index (κ3) is 3.72. The maximum atomic E-state index is 12.3. The predicted molar refractivity (Wildman–Crippen MR) is 76.4 cm³/mol. The summed E-state index contributed by atoms with van der Waals surface area (Å²) in [5, 5.41) is 11.4. The molecule has 0 heterocycles. The van der Waals surface area contributed by atoms with Gasteiger partial charge in [-0.05, 0) is 37.1 Å². The van der Waals surface area contributed by atoms with Crippen LogP contribution in [0, 0.1) is 5.41 Å². The second-order valence-electron chi connectivity index (χ2n) is 5.23. The molecule has 0 spiro atoms. The first kappa shape index (κ1) is 15.3. The lowest BCUT2D eigenvalue weighted by molar-refractivity contribution is -0.139. The van der Waals surface area contributed by atoms with Crippen molar-refractivity contribution in [2.75, 3.05) is 25.6 Å². The Bertz CT molecular complexity index is 507. The lowest BCUT2D eigenvalue weighted by Crippen LogP contribution is -2.45. The van der Waals surface area contributed by atoms with Gasteiger partial charge in [0, 0.05) is 12.8 Å². The summed E-state index contributed by atoms with van der Waals surface area (Å²) < 4.78 is 10.2. The highest BCUT2D eigenvalue weighted by Crippen LogP contribution is 2.42. The molecule has 21 heavy (non-hydrogen) atoms. The fourth-order valence-corrected chi connectivity index (χ4v) is 2.36. The highest BCUT2D eigenvalue weighted by atomic mass is 16.5. The molecule has 6 nitrogen and oxygen atoms in total. The van der Waals surface area contributed by atoms with E-state index in [2.05, 4.69) is 5.32 Å². The minimum atomic E-state index is -1.03. The quantitative estimate of drug-likeness (QED) is 0.802.